The van der Waals surface area contributed by atoms with E-state index in [1.165, 1.54) is 7.05 Å². The fourth-order valence-electron chi connectivity index (χ4n) is 3.18. The quantitative estimate of drug-likeness (QED) is 0.438. The third-order valence-electron chi connectivity index (χ3n) is 5.08. The molecule has 3 N–H and O–H groups in total. The number of alkyl halides is 3. The Morgan fingerprint density at radius 2 is 2.08 bits per heavy atom. The van der Waals surface area contributed by atoms with E-state index in [2.05, 4.69) is 18.8 Å². The number of aliphatic hydroxyl groups is 2. The molecule has 1 rings (SSSR count). The van der Waals surface area contributed by atoms with Crippen molar-refractivity contribution in [1.29, 1.82) is 0 Å². The van der Waals surface area contributed by atoms with Gasteiger partial charge < -0.3 is 20.4 Å². The van der Waals surface area contributed by atoms with Crippen LogP contribution in [0.2, 0.25) is 0 Å². The molecule has 4 unspecified atom stereocenters. The summed E-state index contributed by atoms with van der Waals surface area (Å²) in [6.45, 7) is 9.68. The summed E-state index contributed by atoms with van der Waals surface area (Å²) >= 11 is 0. The average molecular weight is 376 g/mol. The predicted molar refractivity (Wildman–Crippen MR) is 97.5 cm³/mol. The van der Waals surface area contributed by atoms with Crippen molar-refractivity contribution in [3.8, 4) is 0 Å². The first-order valence-corrected chi connectivity index (χ1v) is 8.91. The Balaban J connectivity index is 2.58. The second-order valence-electron chi connectivity index (χ2n) is 7.06. The van der Waals surface area contributed by atoms with Gasteiger partial charge in [0.25, 0.3) is 0 Å². The van der Waals surface area contributed by atoms with E-state index in [1.54, 1.807) is 0 Å². The molecule has 0 radical (unpaired) electrons. The van der Waals surface area contributed by atoms with E-state index in [0.29, 0.717) is 30.9 Å². The van der Waals surface area contributed by atoms with Gasteiger partial charge in [0, 0.05) is 31.2 Å². The first-order chi connectivity index (χ1) is 12.0. The summed E-state index contributed by atoms with van der Waals surface area (Å²) < 4.78 is 37.8. The van der Waals surface area contributed by atoms with Gasteiger partial charge in [-0.3, -0.25) is 0 Å². The molecular formula is C19H31F3N2O2. The first kappa shape index (κ1) is 22.6. The maximum Gasteiger partial charge on any atom is 0.433 e. The van der Waals surface area contributed by atoms with Gasteiger partial charge in [0.15, 0.2) is 0 Å². The minimum Gasteiger partial charge on any atom is -0.513 e. The van der Waals surface area contributed by atoms with E-state index in [4.69, 9.17) is 0 Å². The van der Waals surface area contributed by atoms with Crippen molar-refractivity contribution in [2.24, 2.45) is 5.92 Å². The van der Waals surface area contributed by atoms with Crippen molar-refractivity contribution in [1.82, 2.24) is 10.2 Å². The standard InChI is InChI=1S/C19H31F3N2O2/c1-6-15(8-7-13(3)24(5)18(26)19(20,21)22)14(4)23-17-10-9-16(25)11-12(17)2/h6,9,12,14,17-18,23,25-26H,3,7-8,10-11H2,1-2,4-5H3/b15-6+. The molecule has 0 amide bonds. The molecule has 0 saturated carbocycles. The van der Waals surface area contributed by atoms with Crippen molar-refractivity contribution in [2.45, 2.75) is 70.9 Å². The fourth-order valence-corrected chi connectivity index (χ4v) is 3.18. The molecule has 0 spiro atoms. The largest absolute Gasteiger partial charge is 0.513 e. The number of aliphatic hydroxyl groups excluding tert-OH is 2. The van der Waals surface area contributed by atoms with Gasteiger partial charge in [-0.25, -0.2) is 0 Å². The van der Waals surface area contributed by atoms with Gasteiger partial charge in [-0.15, -0.1) is 0 Å². The smallest absolute Gasteiger partial charge is 0.433 e. The monoisotopic (exact) mass is 376 g/mol. The molecular weight excluding hydrogens is 345 g/mol. The van der Waals surface area contributed by atoms with Crippen LogP contribution in [0.3, 0.4) is 0 Å². The third-order valence-corrected chi connectivity index (χ3v) is 5.08. The predicted octanol–water partition coefficient (Wildman–Crippen LogP) is 4.26. The van der Waals surface area contributed by atoms with Crippen molar-refractivity contribution >= 4 is 0 Å². The van der Waals surface area contributed by atoms with Crippen molar-refractivity contribution in [2.75, 3.05) is 7.05 Å². The molecule has 0 bridgehead atoms. The summed E-state index contributed by atoms with van der Waals surface area (Å²) in [5.41, 5.74) is 1.31. The molecule has 26 heavy (non-hydrogen) atoms. The molecule has 0 saturated heterocycles. The lowest BCUT2D eigenvalue weighted by Gasteiger charge is -2.32. The Kier molecular flexibility index (Phi) is 8.21. The minimum atomic E-state index is -4.70. The highest BCUT2D eigenvalue weighted by Gasteiger charge is 2.41. The van der Waals surface area contributed by atoms with Crippen LogP contribution < -0.4 is 5.32 Å². The number of nitrogens with one attached hydrogen (secondary N) is 1. The molecule has 7 heteroatoms. The molecule has 1 aliphatic rings. The van der Waals surface area contributed by atoms with E-state index in [-0.39, 0.29) is 17.8 Å². The lowest BCUT2D eigenvalue weighted by Crippen LogP contribution is -2.43. The number of hydrogen-bond acceptors (Lipinski definition) is 4. The molecule has 4 atom stereocenters. The van der Waals surface area contributed by atoms with Crippen LogP contribution in [-0.4, -0.2) is 46.6 Å². The van der Waals surface area contributed by atoms with E-state index in [9.17, 15) is 23.4 Å². The number of halogens is 3. The summed E-state index contributed by atoms with van der Waals surface area (Å²) in [6, 6.07) is 0.306. The summed E-state index contributed by atoms with van der Waals surface area (Å²) in [6.07, 6.45) is -1.17. The zero-order chi connectivity index (χ0) is 20.1. The zero-order valence-corrected chi connectivity index (χ0v) is 16.0. The molecule has 0 fully saturated rings. The highest BCUT2D eigenvalue weighted by atomic mass is 19.4. The van der Waals surface area contributed by atoms with E-state index >= 15 is 0 Å². The highest BCUT2D eigenvalue weighted by Crippen LogP contribution is 2.27. The SMILES string of the molecule is C=C(CC/C(=C\C)C(C)NC1CC=C(O)CC1C)N(C)C(O)C(F)(F)F. The van der Waals surface area contributed by atoms with Gasteiger partial charge >= 0.3 is 6.18 Å². The van der Waals surface area contributed by atoms with E-state index < -0.39 is 12.4 Å². The van der Waals surface area contributed by atoms with Crippen LogP contribution in [0.15, 0.2) is 35.8 Å². The highest BCUT2D eigenvalue weighted by molar-refractivity contribution is 5.13. The van der Waals surface area contributed by atoms with Crippen molar-refractivity contribution in [3.63, 3.8) is 0 Å². The number of nitrogens with zero attached hydrogens (tertiary/aromatic N) is 1. The second-order valence-corrected chi connectivity index (χ2v) is 7.06. The maximum atomic E-state index is 12.6. The van der Waals surface area contributed by atoms with Gasteiger partial charge in [0.1, 0.15) is 0 Å². The van der Waals surface area contributed by atoms with Gasteiger partial charge in [-0.1, -0.05) is 25.2 Å². The Morgan fingerprint density at radius 1 is 1.46 bits per heavy atom. The van der Waals surface area contributed by atoms with Crippen LogP contribution in [0.1, 0.15) is 46.5 Å². The van der Waals surface area contributed by atoms with Gasteiger partial charge in [-0.2, -0.15) is 13.2 Å². The summed E-state index contributed by atoms with van der Waals surface area (Å²) in [4.78, 5) is 0.766. The van der Waals surface area contributed by atoms with Crippen LogP contribution in [0.4, 0.5) is 13.2 Å². The average Bonchev–Trinajstić information content (AvgIpc) is 2.55. The van der Waals surface area contributed by atoms with Gasteiger partial charge in [-0.05, 0) is 45.1 Å². The van der Waals surface area contributed by atoms with Crippen LogP contribution >= 0.6 is 0 Å². The summed E-state index contributed by atoms with van der Waals surface area (Å²) in [5, 5.41) is 22.4. The Labute approximate surface area is 154 Å². The topological polar surface area (TPSA) is 55.7 Å². The Hall–Kier alpha value is -1.47. The normalized spacial score (nSPS) is 24.0. The first-order valence-electron chi connectivity index (χ1n) is 8.91. The van der Waals surface area contributed by atoms with Crippen LogP contribution in [0.5, 0.6) is 0 Å². The van der Waals surface area contributed by atoms with Crippen LogP contribution in [0, 0.1) is 5.92 Å². The Bertz CT molecular complexity index is 543. The van der Waals surface area contributed by atoms with Crippen molar-refractivity contribution in [3.05, 3.63) is 35.8 Å². The molecule has 0 heterocycles. The van der Waals surface area contributed by atoms with Crippen LogP contribution in [-0.2, 0) is 0 Å². The molecule has 4 nitrogen and oxygen atoms in total. The van der Waals surface area contributed by atoms with E-state index in [0.717, 1.165) is 16.9 Å². The molecule has 150 valence electrons. The van der Waals surface area contributed by atoms with Gasteiger partial charge in [0.05, 0.1) is 5.76 Å². The van der Waals surface area contributed by atoms with Crippen LogP contribution in [0.25, 0.3) is 0 Å². The number of rotatable bonds is 8. The minimum absolute atomic E-state index is 0.0618. The molecule has 0 aliphatic heterocycles. The lowest BCUT2D eigenvalue weighted by molar-refractivity contribution is -0.240. The lowest BCUT2D eigenvalue weighted by atomic mass is 9.88. The maximum absolute atomic E-state index is 12.6. The summed E-state index contributed by atoms with van der Waals surface area (Å²) in [5.74, 6) is 0.737. The van der Waals surface area contributed by atoms with E-state index in [1.807, 2.05) is 26.0 Å². The molecule has 0 aromatic rings. The molecule has 0 aromatic carbocycles. The number of allylic oxidation sites excluding steroid dienone is 3. The third kappa shape index (κ3) is 6.36. The zero-order valence-electron chi connectivity index (χ0n) is 16.0. The van der Waals surface area contributed by atoms with Gasteiger partial charge in [0.2, 0.25) is 6.23 Å². The molecule has 0 aromatic heterocycles. The summed E-state index contributed by atoms with van der Waals surface area (Å²) in [7, 11) is 1.19. The number of hydrogen-bond donors (Lipinski definition) is 3. The Morgan fingerprint density at radius 3 is 2.58 bits per heavy atom. The van der Waals surface area contributed by atoms with Crippen molar-refractivity contribution < 1.29 is 23.4 Å². The molecule has 1 aliphatic carbocycles. The second kappa shape index (κ2) is 9.46. The fraction of sp³-hybridized carbons (Fsp3) is 0.684.